The summed E-state index contributed by atoms with van der Waals surface area (Å²) in [5.74, 6) is -0.915. The number of oxazole rings is 1. The van der Waals surface area contributed by atoms with Crippen molar-refractivity contribution in [3.8, 4) is 0 Å². The lowest BCUT2D eigenvalue weighted by Crippen LogP contribution is -2.29. The molecular formula is C23H15N3O4S. The minimum Gasteiger partial charge on any atom is -0.431 e. The van der Waals surface area contributed by atoms with Gasteiger partial charge in [0.25, 0.3) is 17.0 Å². The van der Waals surface area contributed by atoms with Crippen LogP contribution in [0, 0.1) is 0 Å². The number of rotatable bonds is 5. The first kappa shape index (κ1) is 19.1. The summed E-state index contributed by atoms with van der Waals surface area (Å²) in [7, 11) is 0. The van der Waals surface area contributed by atoms with Crippen LogP contribution in [0.3, 0.4) is 0 Å². The Labute approximate surface area is 181 Å². The summed E-state index contributed by atoms with van der Waals surface area (Å²) in [6.07, 6.45) is 0. The molecule has 0 aliphatic carbocycles. The molecule has 0 unspecified atom stereocenters. The van der Waals surface area contributed by atoms with Crippen LogP contribution in [0.15, 0.2) is 82.4 Å². The fraction of sp³-hybridized carbons (Fsp3) is 0.0435. The van der Waals surface area contributed by atoms with E-state index in [0.717, 1.165) is 10.4 Å². The van der Waals surface area contributed by atoms with Gasteiger partial charge in [0.05, 0.1) is 22.6 Å². The van der Waals surface area contributed by atoms with Gasteiger partial charge in [-0.25, -0.2) is 9.88 Å². The first-order valence-corrected chi connectivity index (χ1v) is 10.4. The van der Waals surface area contributed by atoms with E-state index in [1.807, 2.05) is 24.3 Å². The van der Waals surface area contributed by atoms with Crippen LogP contribution in [0.4, 0.5) is 11.4 Å². The zero-order chi connectivity index (χ0) is 21.4. The predicted octanol–water partition coefficient (Wildman–Crippen LogP) is 4.36. The molecule has 1 N–H and O–H groups in total. The van der Waals surface area contributed by atoms with E-state index >= 15 is 0 Å². The standard InChI is InChI=1S/C23H15N3O4S/c27-20(13-31-23-25-18-10-3-4-11-19(18)30-23)24-14-6-5-7-15(12-14)26-21(28)16-8-1-2-9-17(16)22(26)29/h1-12H,13H2,(H,24,27). The first-order valence-electron chi connectivity index (χ1n) is 9.46. The van der Waals surface area contributed by atoms with Gasteiger partial charge in [-0.3, -0.25) is 14.4 Å². The Morgan fingerprint density at radius 1 is 0.935 bits per heavy atom. The van der Waals surface area contributed by atoms with Gasteiger partial charge < -0.3 is 9.73 Å². The smallest absolute Gasteiger partial charge is 0.266 e. The van der Waals surface area contributed by atoms with Gasteiger partial charge in [-0.15, -0.1) is 0 Å². The Morgan fingerprint density at radius 2 is 1.65 bits per heavy atom. The molecule has 1 aliphatic rings. The summed E-state index contributed by atoms with van der Waals surface area (Å²) in [6, 6.07) is 20.7. The number of hydrogen-bond acceptors (Lipinski definition) is 6. The Hall–Kier alpha value is -3.91. The Balaban J connectivity index is 1.28. The molecule has 152 valence electrons. The van der Waals surface area contributed by atoms with E-state index in [4.69, 9.17) is 4.42 Å². The number of amides is 3. The Bertz CT molecular complexity index is 1280. The molecule has 0 saturated carbocycles. The molecule has 0 radical (unpaired) electrons. The normalized spacial score (nSPS) is 13.0. The van der Waals surface area contributed by atoms with E-state index in [9.17, 15) is 14.4 Å². The van der Waals surface area contributed by atoms with Crippen molar-refractivity contribution >= 4 is 52.0 Å². The third kappa shape index (κ3) is 3.57. The number of carbonyl (C=O) groups excluding carboxylic acids is 3. The molecule has 1 aliphatic heterocycles. The van der Waals surface area contributed by atoms with Crippen LogP contribution in [0.5, 0.6) is 0 Å². The highest BCUT2D eigenvalue weighted by Gasteiger charge is 2.36. The summed E-state index contributed by atoms with van der Waals surface area (Å²) in [4.78, 5) is 43.2. The third-order valence-electron chi connectivity index (χ3n) is 4.78. The van der Waals surface area contributed by atoms with Crippen molar-refractivity contribution < 1.29 is 18.8 Å². The van der Waals surface area contributed by atoms with Crippen LogP contribution in [0.2, 0.25) is 0 Å². The van der Waals surface area contributed by atoms with Crippen molar-refractivity contribution in [1.82, 2.24) is 4.98 Å². The summed E-state index contributed by atoms with van der Waals surface area (Å²) < 4.78 is 5.60. The molecule has 0 atom stereocenters. The molecule has 3 amide bonds. The molecule has 5 rings (SSSR count). The van der Waals surface area contributed by atoms with Crippen LogP contribution in [0.1, 0.15) is 20.7 Å². The summed E-state index contributed by atoms with van der Waals surface area (Å²) in [5.41, 5.74) is 3.03. The van der Waals surface area contributed by atoms with Crippen LogP contribution >= 0.6 is 11.8 Å². The number of thioether (sulfide) groups is 1. The molecule has 31 heavy (non-hydrogen) atoms. The fourth-order valence-electron chi connectivity index (χ4n) is 3.38. The minimum absolute atomic E-state index is 0.101. The number of anilines is 2. The summed E-state index contributed by atoms with van der Waals surface area (Å²) >= 11 is 1.19. The van der Waals surface area contributed by atoms with E-state index in [1.54, 1.807) is 48.5 Å². The topological polar surface area (TPSA) is 92.5 Å². The molecule has 4 aromatic rings. The molecular weight excluding hydrogens is 414 g/mol. The maximum atomic E-state index is 12.7. The number of carbonyl (C=O) groups is 3. The van der Waals surface area contributed by atoms with Crippen LogP contribution in [-0.4, -0.2) is 28.5 Å². The van der Waals surface area contributed by atoms with Gasteiger partial charge in [0.15, 0.2) is 5.58 Å². The number of imide groups is 1. The number of benzene rings is 3. The molecule has 1 aromatic heterocycles. The van der Waals surface area contributed by atoms with Crippen LogP contribution in [-0.2, 0) is 4.79 Å². The summed E-state index contributed by atoms with van der Waals surface area (Å²) in [6.45, 7) is 0. The maximum Gasteiger partial charge on any atom is 0.266 e. The van der Waals surface area contributed by atoms with E-state index in [-0.39, 0.29) is 23.5 Å². The second kappa shape index (κ2) is 7.73. The zero-order valence-corrected chi connectivity index (χ0v) is 16.9. The number of aromatic nitrogens is 1. The largest absolute Gasteiger partial charge is 0.431 e. The maximum absolute atomic E-state index is 12.7. The first-order chi connectivity index (χ1) is 15.1. The molecule has 7 nitrogen and oxygen atoms in total. The number of nitrogens with zero attached hydrogens (tertiary/aromatic N) is 2. The molecule has 8 heteroatoms. The Kier molecular flexibility index (Phi) is 4.76. The van der Waals surface area contributed by atoms with E-state index < -0.39 is 0 Å². The SMILES string of the molecule is O=C(CSc1nc2ccccc2o1)Nc1cccc(N2C(=O)c3ccccc3C2=O)c1. The Morgan fingerprint density at radius 3 is 2.39 bits per heavy atom. The second-order valence-electron chi connectivity index (χ2n) is 6.83. The van der Waals surface area contributed by atoms with Gasteiger partial charge in [0.1, 0.15) is 5.52 Å². The van der Waals surface area contributed by atoms with Gasteiger partial charge in [-0.05, 0) is 42.5 Å². The van der Waals surface area contributed by atoms with Crippen molar-refractivity contribution in [1.29, 1.82) is 0 Å². The average molecular weight is 429 g/mol. The zero-order valence-electron chi connectivity index (χ0n) is 16.1. The number of para-hydroxylation sites is 2. The van der Waals surface area contributed by atoms with Crippen molar-refractivity contribution in [3.05, 3.63) is 83.9 Å². The molecule has 0 fully saturated rings. The lowest BCUT2D eigenvalue weighted by molar-refractivity contribution is -0.113. The highest BCUT2D eigenvalue weighted by Crippen LogP contribution is 2.30. The van der Waals surface area contributed by atoms with Gasteiger partial charge in [0.2, 0.25) is 5.91 Å². The number of nitrogens with one attached hydrogen (secondary N) is 1. The number of hydrogen-bond donors (Lipinski definition) is 1. The predicted molar refractivity (Wildman–Crippen MR) is 117 cm³/mol. The molecule has 0 saturated heterocycles. The molecule has 0 bridgehead atoms. The fourth-order valence-corrected chi connectivity index (χ4v) is 4.02. The van der Waals surface area contributed by atoms with Gasteiger partial charge in [-0.2, -0.15) is 0 Å². The van der Waals surface area contributed by atoms with E-state index in [2.05, 4.69) is 10.3 Å². The minimum atomic E-state index is -0.379. The second-order valence-corrected chi connectivity index (χ2v) is 7.75. The highest BCUT2D eigenvalue weighted by molar-refractivity contribution is 7.99. The van der Waals surface area contributed by atoms with Gasteiger partial charge >= 0.3 is 0 Å². The van der Waals surface area contributed by atoms with E-state index in [1.165, 1.54) is 11.8 Å². The number of fused-ring (bicyclic) bond motifs is 2. The lowest BCUT2D eigenvalue weighted by atomic mass is 10.1. The van der Waals surface area contributed by atoms with Crippen LogP contribution in [0.25, 0.3) is 11.1 Å². The highest BCUT2D eigenvalue weighted by atomic mass is 32.2. The third-order valence-corrected chi connectivity index (χ3v) is 5.61. The van der Waals surface area contributed by atoms with Crippen molar-refractivity contribution in [3.63, 3.8) is 0 Å². The van der Waals surface area contributed by atoms with Crippen molar-refractivity contribution in [2.45, 2.75) is 5.22 Å². The molecule has 0 spiro atoms. The van der Waals surface area contributed by atoms with Crippen molar-refractivity contribution in [2.75, 3.05) is 16.0 Å². The van der Waals surface area contributed by atoms with Crippen LogP contribution < -0.4 is 10.2 Å². The average Bonchev–Trinajstić information content (AvgIpc) is 3.31. The quantitative estimate of drug-likeness (QED) is 0.374. The van der Waals surface area contributed by atoms with Gasteiger partial charge in [-0.1, -0.05) is 42.1 Å². The van der Waals surface area contributed by atoms with Gasteiger partial charge in [0, 0.05) is 5.69 Å². The van der Waals surface area contributed by atoms with Crippen molar-refractivity contribution in [2.24, 2.45) is 0 Å². The molecule has 2 heterocycles. The monoisotopic (exact) mass is 429 g/mol. The lowest BCUT2D eigenvalue weighted by Gasteiger charge is -2.15. The van der Waals surface area contributed by atoms with E-state index in [0.29, 0.717) is 33.3 Å². The molecule has 3 aromatic carbocycles. The summed E-state index contributed by atoms with van der Waals surface area (Å²) in [5, 5.41) is 3.20.